The zero-order valence-corrected chi connectivity index (χ0v) is 11.9. The Kier molecular flexibility index (Phi) is 3.11. The largest absolute Gasteiger partial charge is 0.289 e. The van der Waals surface area contributed by atoms with Crippen LogP contribution in [0.4, 0.5) is 10.3 Å². The molecule has 1 amide bonds. The Morgan fingerprint density at radius 3 is 2.96 bits per heavy atom. The molecule has 8 nitrogen and oxygen atoms in total. The predicted octanol–water partition coefficient (Wildman–Crippen LogP) is 1.65. The molecule has 1 aliphatic carbocycles. The highest BCUT2D eigenvalue weighted by molar-refractivity contribution is 6.02. The van der Waals surface area contributed by atoms with Crippen LogP contribution in [0.5, 0.6) is 0 Å². The molecule has 3 aromatic rings. The smallest absolute Gasteiger partial charge is 0.280 e. The van der Waals surface area contributed by atoms with Gasteiger partial charge in [0, 0.05) is 5.92 Å². The number of carbonyl (C=O) groups is 1. The number of amides is 1. The van der Waals surface area contributed by atoms with Gasteiger partial charge in [0.05, 0.1) is 11.4 Å². The molecule has 0 bridgehead atoms. The molecule has 0 radical (unpaired) electrons. The van der Waals surface area contributed by atoms with Gasteiger partial charge in [-0.05, 0) is 31.0 Å². The average Bonchev–Trinajstić information content (AvgIpc) is 3.08. The summed E-state index contributed by atoms with van der Waals surface area (Å²) in [5, 5.41) is 16.8. The molecule has 2 N–H and O–H groups in total. The molecule has 2 aromatic heterocycles. The maximum absolute atomic E-state index is 13.5. The van der Waals surface area contributed by atoms with E-state index in [4.69, 9.17) is 0 Å². The van der Waals surface area contributed by atoms with Gasteiger partial charge in [0.25, 0.3) is 5.91 Å². The molecular formula is C14H12FN7O. The maximum Gasteiger partial charge on any atom is 0.280 e. The van der Waals surface area contributed by atoms with E-state index >= 15 is 0 Å². The maximum atomic E-state index is 13.5. The summed E-state index contributed by atoms with van der Waals surface area (Å²) in [6.45, 7) is 0. The van der Waals surface area contributed by atoms with E-state index in [9.17, 15) is 9.18 Å². The van der Waals surface area contributed by atoms with E-state index in [0.29, 0.717) is 11.4 Å². The molecule has 4 rings (SSSR count). The molecule has 116 valence electrons. The van der Waals surface area contributed by atoms with Crippen molar-refractivity contribution in [1.82, 2.24) is 30.2 Å². The molecular weight excluding hydrogens is 301 g/mol. The lowest BCUT2D eigenvalue weighted by molar-refractivity contribution is 0.102. The summed E-state index contributed by atoms with van der Waals surface area (Å²) in [6, 6.07) is 6.03. The first-order valence-corrected chi connectivity index (χ1v) is 7.10. The van der Waals surface area contributed by atoms with Crippen LogP contribution in [0, 0.1) is 5.82 Å². The third-order valence-corrected chi connectivity index (χ3v) is 3.58. The number of rotatable bonds is 4. The van der Waals surface area contributed by atoms with Crippen LogP contribution < -0.4 is 5.32 Å². The standard InChI is InChI=1S/C14H12FN7O/c15-9-2-1-3-10(6-9)22-12(8-4-5-8)11(19-21-22)13(23)18-14-16-7-17-20-14/h1-3,6-8H,4-5H2,(H2,16,17,18,20,23). The minimum absolute atomic E-state index is 0.198. The third kappa shape index (κ3) is 2.56. The first kappa shape index (κ1) is 13.6. The van der Waals surface area contributed by atoms with Crippen LogP contribution in [0.1, 0.15) is 34.9 Å². The number of halogens is 1. The van der Waals surface area contributed by atoms with Crippen molar-refractivity contribution in [3.8, 4) is 5.69 Å². The van der Waals surface area contributed by atoms with Crippen molar-refractivity contribution in [3.63, 3.8) is 0 Å². The van der Waals surface area contributed by atoms with Gasteiger partial charge >= 0.3 is 0 Å². The van der Waals surface area contributed by atoms with Crippen LogP contribution in [0.3, 0.4) is 0 Å². The van der Waals surface area contributed by atoms with Crippen LogP contribution in [0.15, 0.2) is 30.6 Å². The van der Waals surface area contributed by atoms with Crippen molar-refractivity contribution in [2.24, 2.45) is 0 Å². The lowest BCUT2D eigenvalue weighted by Crippen LogP contribution is -2.16. The monoisotopic (exact) mass is 313 g/mol. The van der Waals surface area contributed by atoms with E-state index in [1.807, 2.05) is 0 Å². The zero-order chi connectivity index (χ0) is 15.8. The van der Waals surface area contributed by atoms with Gasteiger partial charge < -0.3 is 0 Å². The molecule has 1 aliphatic rings. The Morgan fingerprint density at radius 2 is 2.26 bits per heavy atom. The first-order chi connectivity index (χ1) is 11.2. The Labute approximate surface area is 129 Å². The van der Waals surface area contributed by atoms with Gasteiger partial charge in [-0.3, -0.25) is 10.1 Å². The molecule has 0 atom stereocenters. The molecule has 0 unspecified atom stereocenters. The highest BCUT2D eigenvalue weighted by Gasteiger charge is 2.34. The Morgan fingerprint density at radius 1 is 1.39 bits per heavy atom. The Balaban J connectivity index is 1.72. The zero-order valence-electron chi connectivity index (χ0n) is 11.9. The van der Waals surface area contributed by atoms with Crippen LogP contribution in [0.25, 0.3) is 5.69 Å². The van der Waals surface area contributed by atoms with Gasteiger partial charge in [0.2, 0.25) is 5.95 Å². The van der Waals surface area contributed by atoms with Gasteiger partial charge in [0.1, 0.15) is 12.1 Å². The Hall–Kier alpha value is -3.10. The lowest BCUT2D eigenvalue weighted by atomic mass is 10.2. The molecule has 1 saturated carbocycles. The highest BCUT2D eigenvalue weighted by atomic mass is 19.1. The van der Waals surface area contributed by atoms with Crippen molar-refractivity contribution in [2.45, 2.75) is 18.8 Å². The number of nitrogens with one attached hydrogen (secondary N) is 2. The normalized spacial score (nSPS) is 14.0. The molecule has 1 aromatic carbocycles. The fourth-order valence-electron chi connectivity index (χ4n) is 2.40. The first-order valence-electron chi connectivity index (χ1n) is 7.10. The second-order valence-corrected chi connectivity index (χ2v) is 5.28. The van der Waals surface area contributed by atoms with E-state index in [0.717, 1.165) is 12.8 Å². The summed E-state index contributed by atoms with van der Waals surface area (Å²) in [5.41, 5.74) is 1.44. The summed E-state index contributed by atoms with van der Waals surface area (Å²) in [7, 11) is 0. The van der Waals surface area contributed by atoms with Gasteiger partial charge in [0.15, 0.2) is 5.69 Å². The van der Waals surface area contributed by atoms with E-state index in [2.05, 4.69) is 30.8 Å². The van der Waals surface area contributed by atoms with Crippen molar-refractivity contribution in [3.05, 3.63) is 47.8 Å². The highest BCUT2D eigenvalue weighted by Crippen LogP contribution is 2.42. The summed E-state index contributed by atoms with van der Waals surface area (Å²) < 4.78 is 15.0. The number of H-pyrrole nitrogens is 1. The van der Waals surface area contributed by atoms with Crippen molar-refractivity contribution >= 4 is 11.9 Å². The Bertz CT molecular complexity index is 854. The predicted molar refractivity (Wildman–Crippen MR) is 77.6 cm³/mol. The summed E-state index contributed by atoms with van der Waals surface area (Å²) in [4.78, 5) is 16.2. The number of hydrogen-bond acceptors (Lipinski definition) is 5. The van der Waals surface area contributed by atoms with Crippen LogP contribution >= 0.6 is 0 Å². The molecule has 23 heavy (non-hydrogen) atoms. The SMILES string of the molecule is O=C(Nc1ncn[nH]1)c1nnn(-c2cccc(F)c2)c1C1CC1. The van der Waals surface area contributed by atoms with Crippen LogP contribution in [-0.2, 0) is 0 Å². The average molecular weight is 313 g/mol. The molecule has 0 spiro atoms. The minimum Gasteiger partial charge on any atom is -0.289 e. The molecule has 1 fully saturated rings. The number of carbonyl (C=O) groups excluding carboxylic acids is 1. The molecule has 0 saturated heterocycles. The topological polar surface area (TPSA) is 101 Å². The molecule has 2 heterocycles. The third-order valence-electron chi connectivity index (χ3n) is 3.58. The summed E-state index contributed by atoms with van der Waals surface area (Å²) in [5.74, 6) is -0.362. The van der Waals surface area contributed by atoms with Crippen LogP contribution in [0.2, 0.25) is 0 Å². The number of nitrogens with zero attached hydrogens (tertiary/aromatic N) is 5. The van der Waals surface area contributed by atoms with Crippen molar-refractivity contribution in [1.29, 1.82) is 0 Å². The number of benzene rings is 1. The fourth-order valence-corrected chi connectivity index (χ4v) is 2.40. The van der Waals surface area contributed by atoms with Gasteiger partial charge in [-0.15, -0.1) is 5.10 Å². The molecule has 0 aliphatic heterocycles. The van der Waals surface area contributed by atoms with E-state index in [-0.39, 0.29) is 23.4 Å². The fraction of sp³-hybridized carbons (Fsp3) is 0.214. The van der Waals surface area contributed by atoms with E-state index in [1.54, 1.807) is 12.1 Å². The number of aromatic amines is 1. The molecule has 9 heteroatoms. The van der Waals surface area contributed by atoms with E-state index in [1.165, 1.54) is 23.1 Å². The van der Waals surface area contributed by atoms with Crippen LogP contribution in [-0.4, -0.2) is 36.1 Å². The van der Waals surface area contributed by atoms with Gasteiger partial charge in [-0.1, -0.05) is 11.3 Å². The van der Waals surface area contributed by atoms with E-state index < -0.39 is 5.91 Å². The number of hydrogen-bond donors (Lipinski definition) is 2. The van der Waals surface area contributed by atoms with Crippen molar-refractivity contribution in [2.75, 3.05) is 5.32 Å². The number of aromatic nitrogens is 6. The minimum atomic E-state index is -0.425. The summed E-state index contributed by atoms with van der Waals surface area (Å²) in [6.07, 6.45) is 3.19. The second-order valence-electron chi connectivity index (χ2n) is 5.28. The van der Waals surface area contributed by atoms with Crippen molar-refractivity contribution < 1.29 is 9.18 Å². The lowest BCUT2D eigenvalue weighted by Gasteiger charge is -2.07. The summed E-state index contributed by atoms with van der Waals surface area (Å²) >= 11 is 0. The number of anilines is 1. The second kappa shape index (κ2) is 5.27. The van der Waals surface area contributed by atoms with Gasteiger partial charge in [-0.25, -0.2) is 14.2 Å². The quantitative estimate of drug-likeness (QED) is 0.762. The van der Waals surface area contributed by atoms with Gasteiger partial charge in [-0.2, -0.15) is 10.1 Å².